The van der Waals surface area contributed by atoms with Crippen molar-refractivity contribution in [2.45, 2.75) is 57.8 Å². The maximum atomic E-state index is 12.2. The van der Waals surface area contributed by atoms with Gasteiger partial charge in [-0.15, -0.1) is 0 Å². The average Bonchev–Trinajstić information content (AvgIpc) is 2.56. The summed E-state index contributed by atoms with van der Waals surface area (Å²) in [5.41, 5.74) is 1.32. The number of hydrogen-bond acceptors (Lipinski definition) is 4. The van der Waals surface area contributed by atoms with Crippen molar-refractivity contribution in [2.75, 3.05) is 7.11 Å². The van der Waals surface area contributed by atoms with E-state index in [0.29, 0.717) is 12.2 Å². The maximum Gasteiger partial charge on any atom is 0.338 e. The molecule has 1 atom stereocenters. The van der Waals surface area contributed by atoms with Gasteiger partial charge in [0, 0.05) is 13.2 Å². The lowest BCUT2D eigenvalue weighted by Gasteiger charge is -2.24. The second-order valence-electron chi connectivity index (χ2n) is 6.02. The topological polar surface area (TPSA) is 64.6 Å². The number of carbonyl (C=O) groups is 2. The second-order valence-corrected chi connectivity index (χ2v) is 6.02. The fourth-order valence-corrected chi connectivity index (χ4v) is 2.80. The zero-order chi connectivity index (χ0) is 16.7. The molecule has 1 aromatic carbocycles. The van der Waals surface area contributed by atoms with Gasteiger partial charge in [-0.3, -0.25) is 4.79 Å². The lowest BCUT2D eigenvalue weighted by Crippen LogP contribution is -2.42. The molecule has 0 radical (unpaired) electrons. The highest BCUT2D eigenvalue weighted by Crippen LogP contribution is 2.17. The first kappa shape index (κ1) is 17.5. The molecule has 1 N–H and O–H groups in total. The molecule has 2 rings (SSSR count). The van der Waals surface area contributed by atoms with Crippen LogP contribution in [0.5, 0.6) is 0 Å². The molecule has 1 fully saturated rings. The van der Waals surface area contributed by atoms with Gasteiger partial charge in [0.05, 0.1) is 12.2 Å². The smallest absolute Gasteiger partial charge is 0.338 e. The molecule has 0 heterocycles. The zero-order valence-corrected chi connectivity index (χ0v) is 13.8. The van der Waals surface area contributed by atoms with Crippen LogP contribution in [0.2, 0.25) is 0 Å². The van der Waals surface area contributed by atoms with Gasteiger partial charge in [-0.2, -0.15) is 0 Å². The summed E-state index contributed by atoms with van der Waals surface area (Å²) >= 11 is 0. The molecule has 1 aromatic rings. The third kappa shape index (κ3) is 5.36. The van der Waals surface area contributed by atoms with E-state index in [1.165, 1.54) is 6.42 Å². The Morgan fingerprint density at radius 3 is 2.70 bits per heavy atom. The van der Waals surface area contributed by atoms with Crippen LogP contribution in [0.25, 0.3) is 0 Å². The molecule has 1 unspecified atom stereocenters. The Labute approximate surface area is 137 Å². The molecule has 1 amide bonds. The van der Waals surface area contributed by atoms with Gasteiger partial charge in [0.2, 0.25) is 0 Å². The van der Waals surface area contributed by atoms with Gasteiger partial charge in [0.15, 0.2) is 6.10 Å². The third-order valence-electron chi connectivity index (χ3n) is 4.08. The van der Waals surface area contributed by atoms with Gasteiger partial charge in [0.1, 0.15) is 0 Å². The molecule has 1 aliphatic carbocycles. The number of amides is 1. The van der Waals surface area contributed by atoms with Gasteiger partial charge in [-0.25, -0.2) is 4.79 Å². The number of rotatable bonds is 6. The normalized spacial score (nSPS) is 16.6. The van der Waals surface area contributed by atoms with E-state index < -0.39 is 12.1 Å². The third-order valence-corrected chi connectivity index (χ3v) is 4.08. The fourth-order valence-electron chi connectivity index (χ4n) is 2.80. The van der Waals surface area contributed by atoms with Crippen molar-refractivity contribution in [3.8, 4) is 0 Å². The first-order chi connectivity index (χ1) is 11.1. The largest absolute Gasteiger partial charge is 0.449 e. The second kappa shape index (κ2) is 8.67. The number of benzene rings is 1. The Hall–Kier alpha value is -1.88. The lowest BCUT2D eigenvalue weighted by atomic mass is 9.95. The van der Waals surface area contributed by atoms with Gasteiger partial charge < -0.3 is 14.8 Å². The van der Waals surface area contributed by atoms with Gasteiger partial charge in [-0.1, -0.05) is 31.4 Å². The first-order valence-electron chi connectivity index (χ1n) is 8.19. The highest BCUT2D eigenvalue weighted by atomic mass is 16.5. The quantitative estimate of drug-likeness (QED) is 0.819. The van der Waals surface area contributed by atoms with Crippen LogP contribution in [-0.2, 0) is 20.9 Å². The zero-order valence-electron chi connectivity index (χ0n) is 13.8. The van der Waals surface area contributed by atoms with E-state index in [2.05, 4.69) is 5.32 Å². The van der Waals surface area contributed by atoms with Crippen LogP contribution in [0.15, 0.2) is 24.3 Å². The number of ether oxygens (including phenoxy) is 2. The van der Waals surface area contributed by atoms with Crippen LogP contribution in [-0.4, -0.2) is 31.1 Å². The lowest BCUT2D eigenvalue weighted by molar-refractivity contribution is -0.130. The molecule has 1 saturated carbocycles. The van der Waals surface area contributed by atoms with E-state index >= 15 is 0 Å². The molecule has 0 bridgehead atoms. The predicted molar refractivity (Wildman–Crippen MR) is 87.0 cm³/mol. The van der Waals surface area contributed by atoms with E-state index in [0.717, 1.165) is 31.2 Å². The van der Waals surface area contributed by atoms with Crippen LogP contribution in [0, 0.1) is 0 Å². The average molecular weight is 319 g/mol. The molecule has 126 valence electrons. The Balaban J connectivity index is 1.88. The maximum absolute atomic E-state index is 12.2. The van der Waals surface area contributed by atoms with E-state index in [1.54, 1.807) is 32.2 Å². The van der Waals surface area contributed by atoms with Gasteiger partial charge in [-0.05, 0) is 37.5 Å². The van der Waals surface area contributed by atoms with Crippen molar-refractivity contribution in [2.24, 2.45) is 0 Å². The Bertz CT molecular complexity index is 538. The predicted octanol–water partition coefficient (Wildman–Crippen LogP) is 2.83. The number of esters is 1. The minimum Gasteiger partial charge on any atom is -0.449 e. The van der Waals surface area contributed by atoms with Crippen molar-refractivity contribution in [3.63, 3.8) is 0 Å². The summed E-state index contributed by atoms with van der Waals surface area (Å²) in [7, 11) is 1.60. The summed E-state index contributed by atoms with van der Waals surface area (Å²) in [5.74, 6) is -0.715. The van der Waals surface area contributed by atoms with E-state index in [9.17, 15) is 9.59 Å². The minimum atomic E-state index is -0.796. The van der Waals surface area contributed by atoms with Crippen LogP contribution in [0.4, 0.5) is 0 Å². The van der Waals surface area contributed by atoms with Crippen LogP contribution in [0.3, 0.4) is 0 Å². The standard InChI is InChI=1S/C18H25NO4/c1-13(17(20)19-16-9-4-3-5-10-16)23-18(21)15-8-6-7-14(11-15)12-22-2/h6-8,11,13,16H,3-5,9-10,12H2,1-2H3,(H,19,20). The summed E-state index contributed by atoms with van der Waals surface area (Å²) in [5, 5.41) is 2.97. The summed E-state index contributed by atoms with van der Waals surface area (Å²) < 4.78 is 10.3. The SMILES string of the molecule is COCc1cccc(C(=O)OC(C)C(=O)NC2CCCCC2)c1. The number of carbonyl (C=O) groups excluding carboxylic acids is 2. The Morgan fingerprint density at radius 2 is 2.00 bits per heavy atom. The molecule has 0 aromatic heterocycles. The van der Waals surface area contributed by atoms with Crippen molar-refractivity contribution >= 4 is 11.9 Å². The van der Waals surface area contributed by atoms with Crippen LogP contribution >= 0.6 is 0 Å². The molecular formula is C18H25NO4. The van der Waals surface area contributed by atoms with Crippen LogP contribution in [0.1, 0.15) is 54.9 Å². The Kier molecular flexibility index (Phi) is 6.59. The number of methoxy groups -OCH3 is 1. The Morgan fingerprint density at radius 1 is 1.26 bits per heavy atom. The highest BCUT2D eigenvalue weighted by Gasteiger charge is 2.22. The first-order valence-corrected chi connectivity index (χ1v) is 8.19. The summed E-state index contributed by atoms with van der Waals surface area (Å²) in [6.45, 7) is 2.04. The van der Waals surface area contributed by atoms with Crippen molar-refractivity contribution in [1.82, 2.24) is 5.32 Å². The van der Waals surface area contributed by atoms with Crippen LogP contribution < -0.4 is 5.32 Å². The molecule has 1 aliphatic rings. The van der Waals surface area contributed by atoms with Gasteiger partial charge in [0.25, 0.3) is 5.91 Å². The molecule has 0 saturated heterocycles. The van der Waals surface area contributed by atoms with E-state index in [1.807, 2.05) is 6.07 Å². The molecule has 0 aliphatic heterocycles. The van der Waals surface area contributed by atoms with Crippen molar-refractivity contribution < 1.29 is 19.1 Å². The number of hydrogen-bond donors (Lipinski definition) is 1. The minimum absolute atomic E-state index is 0.211. The molecular weight excluding hydrogens is 294 g/mol. The fraction of sp³-hybridized carbons (Fsp3) is 0.556. The highest BCUT2D eigenvalue weighted by molar-refractivity contribution is 5.92. The van der Waals surface area contributed by atoms with E-state index in [-0.39, 0.29) is 11.9 Å². The summed E-state index contributed by atoms with van der Waals surface area (Å²) in [4.78, 5) is 24.3. The molecule has 23 heavy (non-hydrogen) atoms. The molecule has 5 heteroatoms. The molecule has 5 nitrogen and oxygen atoms in total. The molecule has 0 spiro atoms. The number of nitrogens with one attached hydrogen (secondary N) is 1. The van der Waals surface area contributed by atoms with Crippen molar-refractivity contribution in [1.29, 1.82) is 0 Å². The van der Waals surface area contributed by atoms with E-state index in [4.69, 9.17) is 9.47 Å². The summed E-state index contributed by atoms with van der Waals surface area (Å²) in [6, 6.07) is 7.25. The van der Waals surface area contributed by atoms with Crippen molar-refractivity contribution in [3.05, 3.63) is 35.4 Å². The monoisotopic (exact) mass is 319 g/mol. The van der Waals surface area contributed by atoms with Gasteiger partial charge >= 0.3 is 5.97 Å². The summed E-state index contributed by atoms with van der Waals surface area (Å²) in [6.07, 6.45) is 4.73.